The highest BCUT2D eigenvalue weighted by atomic mass is 79.9. The zero-order valence-electron chi connectivity index (χ0n) is 6.47. The zero-order chi connectivity index (χ0) is 8.10. The van der Waals surface area contributed by atoms with Gasteiger partial charge in [-0.1, -0.05) is 13.3 Å². The van der Waals surface area contributed by atoms with Crippen LogP contribution in [-0.2, 0) is 0 Å². The molecule has 0 atom stereocenters. The second-order valence-electron chi connectivity index (χ2n) is 2.29. The van der Waals surface area contributed by atoms with Gasteiger partial charge in [-0.05, 0) is 22.4 Å². The van der Waals surface area contributed by atoms with E-state index in [4.69, 9.17) is 4.74 Å². The molecule has 1 heterocycles. The van der Waals surface area contributed by atoms with Gasteiger partial charge in [-0.3, -0.25) is 0 Å². The Bertz CT molecular complexity index is 210. The molecule has 1 aromatic rings. The van der Waals surface area contributed by atoms with Crippen molar-refractivity contribution in [2.75, 3.05) is 6.61 Å². The van der Waals surface area contributed by atoms with Gasteiger partial charge < -0.3 is 4.74 Å². The molecule has 1 rings (SSSR count). The second kappa shape index (κ2) is 4.78. The lowest BCUT2D eigenvalue weighted by molar-refractivity contribution is 0.309. The van der Waals surface area contributed by atoms with E-state index in [1.165, 1.54) is 6.42 Å². The summed E-state index contributed by atoms with van der Waals surface area (Å²) in [6, 6.07) is 0. The first kappa shape index (κ1) is 9.07. The molecular formula is C8H11BrOS. The Morgan fingerprint density at radius 1 is 1.55 bits per heavy atom. The minimum absolute atomic E-state index is 0.825. The van der Waals surface area contributed by atoms with Crippen LogP contribution in [0.15, 0.2) is 15.2 Å². The third kappa shape index (κ3) is 2.83. The van der Waals surface area contributed by atoms with Gasteiger partial charge in [-0.2, -0.15) is 0 Å². The van der Waals surface area contributed by atoms with E-state index < -0.39 is 0 Å². The summed E-state index contributed by atoms with van der Waals surface area (Å²) < 4.78 is 6.55. The molecule has 0 fully saturated rings. The number of rotatable bonds is 4. The molecule has 0 amide bonds. The van der Waals surface area contributed by atoms with Gasteiger partial charge >= 0.3 is 0 Å². The summed E-state index contributed by atoms with van der Waals surface area (Å²) in [5, 5.41) is 4.04. The lowest BCUT2D eigenvalue weighted by atomic mass is 10.4. The summed E-state index contributed by atoms with van der Waals surface area (Å²) in [7, 11) is 0. The van der Waals surface area contributed by atoms with Crippen LogP contribution in [0.4, 0.5) is 0 Å². The van der Waals surface area contributed by atoms with Gasteiger partial charge in [0.25, 0.3) is 0 Å². The fourth-order valence-electron chi connectivity index (χ4n) is 0.699. The Hall–Kier alpha value is -0.0200. The van der Waals surface area contributed by atoms with E-state index in [0.29, 0.717) is 0 Å². The van der Waals surface area contributed by atoms with Crippen molar-refractivity contribution in [3.05, 3.63) is 15.2 Å². The summed E-state index contributed by atoms with van der Waals surface area (Å²) in [5.41, 5.74) is 0. The molecule has 11 heavy (non-hydrogen) atoms. The van der Waals surface area contributed by atoms with E-state index in [1.807, 2.05) is 10.8 Å². The lowest BCUT2D eigenvalue weighted by Crippen LogP contribution is -1.95. The first-order valence-corrected chi connectivity index (χ1v) is 5.42. The average molecular weight is 235 g/mol. The Morgan fingerprint density at radius 3 is 2.91 bits per heavy atom. The molecular weight excluding hydrogens is 224 g/mol. The van der Waals surface area contributed by atoms with E-state index in [0.717, 1.165) is 23.2 Å². The normalized spacial score (nSPS) is 10.0. The van der Waals surface area contributed by atoms with Crippen LogP contribution in [0.1, 0.15) is 19.8 Å². The second-order valence-corrected chi connectivity index (χ2v) is 3.88. The van der Waals surface area contributed by atoms with Gasteiger partial charge in [0.15, 0.2) is 0 Å². The van der Waals surface area contributed by atoms with Crippen molar-refractivity contribution >= 4 is 27.3 Å². The van der Waals surface area contributed by atoms with Gasteiger partial charge in [0.1, 0.15) is 5.75 Å². The molecule has 62 valence electrons. The fraction of sp³-hybridized carbons (Fsp3) is 0.500. The molecule has 0 saturated carbocycles. The van der Waals surface area contributed by atoms with Crippen molar-refractivity contribution in [3.8, 4) is 5.75 Å². The molecule has 0 aliphatic carbocycles. The predicted molar refractivity (Wildman–Crippen MR) is 52.4 cm³/mol. The first-order chi connectivity index (χ1) is 5.34. The molecule has 0 spiro atoms. The van der Waals surface area contributed by atoms with Crippen LogP contribution in [0.2, 0.25) is 0 Å². The number of ether oxygens (including phenoxy) is 1. The summed E-state index contributed by atoms with van der Waals surface area (Å²) in [6.45, 7) is 2.98. The van der Waals surface area contributed by atoms with Crippen LogP contribution in [-0.4, -0.2) is 6.61 Å². The topological polar surface area (TPSA) is 9.23 Å². The van der Waals surface area contributed by atoms with E-state index in [-0.39, 0.29) is 0 Å². The van der Waals surface area contributed by atoms with Crippen LogP contribution in [0.3, 0.4) is 0 Å². The van der Waals surface area contributed by atoms with Gasteiger partial charge in [-0.25, -0.2) is 0 Å². The van der Waals surface area contributed by atoms with Crippen LogP contribution in [0, 0.1) is 0 Å². The number of hydrogen-bond acceptors (Lipinski definition) is 2. The SMILES string of the molecule is CCCCOc1cscc1Br. The van der Waals surface area contributed by atoms with Crippen molar-refractivity contribution in [2.24, 2.45) is 0 Å². The Labute approximate surface area is 79.5 Å². The molecule has 0 unspecified atom stereocenters. The molecule has 0 bridgehead atoms. The molecule has 0 aromatic carbocycles. The van der Waals surface area contributed by atoms with Gasteiger partial charge in [0.05, 0.1) is 11.1 Å². The van der Waals surface area contributed by atoms with Crippen LogP contribution >= 0.6 is 27.3 Å². The highest BCUT2D eigenvalue weighted by Crippen LogP contribution is 2.28. The highest BCUT2D eigenvalue weighted by Gasteiger charge is 1.99. The summed E-state index contributed by atoms with van der Waals surface area (Å²) in [6.07, 6.45) is 2.31. The smallest absolute Gasteiger partial charge is 0.144 e. The van der Waals surface area contributed by atoms with E-state index in [1.54, 1.807) is 11.3 Å². The molecule has 0 aliphatic heterocycles. The Kier molecular flexibility index (Phi) is 3.94. The van der Waals surface area contributed by atoms with Crippen molar-refractivity contribution in [2.45, 2.75) is 19.8 Å². The monoisotopic (exact) mass is 234 g/mol. The third-order valence-electron chi connectivity index (χ3n) is 1.34. The molecule has 1 nitrogen and oxygen atoms in total. The number of halogens is 1. The highest BCUT2D eigenvalue weighted by molar-refractivity contribution is 9.10. The average Bonchev–Trinajstić information content (AvgIpc) is 2.37. The maximum atomic E-state index is 5.48. The summed E-state index contributed by atoms with van der Waals surface area (Å²) in [4.78, 5) is 0. The number of hydrogen-bond donors (Lipinski definition) is 0. The minimum atomic E-state index is 0.825. The quantitative estimate of drug-likeness (QED) is 0.723. The first-order valence-electron chi connectivity index (χ1n) is 3.69. The van der Waals surface area contributed by atoms with Gasteiger partial charge in [0.2, 0.25) is 0 Å². The van der Waals surface area contributed by atoms with Crippen molar-refractivity contribution in [1.82, 2.24) is 0 Å². The summed E-state index contributed by atoms with van der Waals surface area (Å²) in [5.74, 6) is 0.975. The molecule has 3 heteroatoms. The van der Waals surface area contributed by atoms with E-state index in [2.05, 4.69) is 22.9 Å². The largest absolute Gasteiger partial charge is 0.492 e. The van der Waals surface area contributed by atoms with Crippen molar-refractivity contribution < 1.29 is 4.74 Å². The third-order valence-corrected chi connectivity index (χ3v) is 2.98. The zero-order valence-corrected chi connectivity index (χ0v) is 8.87. The van der Waals surface area contributed by atoms with Gasteiger partial charge in [-0.15, -0.1) is 11.3 Å². The minimum Gasteiger partial charge on any atom is -0.492 e. The van der Waals surface area contributed by atoms with Crippen LogP contribution in [0.25, 0.3) is 0 Å². The number of unbranched alkanes of at least 4 members (excludes halogenated alkanes) is 1. The van der Waals surface area contributed by atoms with E-state index in [9.17, 15) is 0 Å². The van der Waals surface area contributed by atoms with Crippen molar-refractivity contribution in [3.63, 3.8) is 0 Å². The number of thiophene rings is 1. The molecule has 0 N–H and O–H groups in total. The van der Waals surface area contributed by atoms with Crippen molar-refractivity contribution in [1.29, 1.82) is 0 Å². The summed E-state index contributed by atoms with van der Waals surface area (Å²) >= 11 is 5.06. The Morgan fingerprint density at radius 2 is 2.36 bits per heavy atom. The standard InChI is InChI=1S/C8H11BrOS/c1-2-3-4-10-8-6-11-5-7(8)9/h5-6H,2-4H2,1H3. The Balaban J connectivity index is 2.32. The fourth-order valence-corrected chi connectivity index (χ4v) is 2.03. The maximum Gasteiger partial charge on any atom is 0.144 e. The lowest BCUT2D eigenvalue weighted by Gasteiger charge is -2.01. The van der Waals surface area contributed by atoms with Gasteiger partial charge in [0, 0.05) is 10.8 Å². The molecule has 0 aliphatic rings. The predicted octanol–water partition coefficient (Wildman–Crippen LogP) is 3.69. The molecule has 0 radical (unpaired) electrons. The van der Waals surface area contributed by atoms with E-state index >= 15 is 0 Å². The van der Waals surface area contributed by atoms with Crippen LogP contribution < -0.4 is 4.74 Å². The molecule has 0 saturated heterocycles. The molecule has 1 aromatic heterocycles. The maximum absolute atomic E-state index is 5.48. The van der Waals surface area contributed by atoms with Crippen LogP contribution in [0.5, 0.6) is 5.75 Å².